The number of nitrogens with zero attached hydrogens (tertiary/aromatic N) is 1. The summed E-state index contributed by atoms with van der Waals surface area (Å²) in [5, 5.41) is 22.2. The molecule has 0 spiro atoms. The highest BCUT2D eigenvalue weighted by molar-refractivity contribution is 6.06. The molecule has 0 aliphatic carbocycles. The Labute approximate surface area is 114 Å². The number of nitriles is 1. The second-order valence-electron chi connectivity index (χ2n) is 3.73. The average Bonchev–Trinajstić information content (AvgIpc) is 2.41. The first-order valence-electron chi connectivity index (χ1n) is 5.65. The molecule has 0 saturated carbocycles. The first kappa shape index (κ1) is 15.2. The minimum atomic E-state index is -0.986. The molecular formula is C13H12FN3O3. The van der Waals surface area contributed by atoms with Crippen LogP contribution in [0.1, 0.15) is 6.42 Å². The summed E-state index contributed by atoms with van der Waals surface area (Å²) in [5.41, 5.74) is 0.141. The number of carbonyl (C=O) groups excluding carboxylic acids is 1. The van der Waals surface area contributed by atoms with Gasteiger partial charge >= 0.3 is 5.97 Å². The Morgan fingerprint density at radius 1 is 1.35 bits per heavy atom. The maximum atomic E-state index is 12.7. The third-order valence-electron chi connectivity index (χ3n) is 2.20. The molecule has 0 bridgehead atoms. The van der Waals surface area contributed by atoms with Gasteiger partial charge in [0.05, 0.1) is 6.42 Å². The molecule has 0 aliphatic heterocycles. The highest BCUT2D eigenvalue weighted by Crippen LogP contribution is 2.09. The van der Waals surface area contributed by atoms with Gasteiger partial charge in [0, 0.05) is 18.4 Å². The molecule has 0 radical (unpaired) electrons. The van der Waals surface area contributed by atoms with E-state index in [4.69, 9.17) is 10.4 Å². The summed E-state index contributed by atoms with van der Waals surface area (Å²) in [7, 11) is 0. The highest BCUT2D eigenvalue weighted by atomic mass is 19.1. The maximum absolute atomic E-state index is 12.7. The zero-order chi connectivity index (χ0) is 15.0. The SMILES string of the molecule is N#C/C(=C/NCCC(=O)O)C(=O)Nc1ccc(F)cc1. The molecule has 0 aliphatic rings. The predicted octanol–water partition coefficient (Wildman–Crippen LogP) is 1.24. The monoisotopic (exact) mass is 277 g/mol. The fourth-order valence-corrected chi connectivity index (χ4v) is 1.23. The molecule has 6 nitrogen and oxygen atoms in total. The molecule has 20 heavy (non-hydrogen) atoms. The van der Waals surface area contributed by atoms with E-state index in [0.29, 0.717) is 5.69 Å². The molecule has 3 N–H and O–H groups in total. The van der Waals surface area contributed by atoms with E-state index < -0.39 is 17.7 Å². The smallest absolute Gasteiger partial charge is 0.305 e. The van der Waals surface area contributed by atoms with E-state index in [1.165, 1.54) is 24.3 Å². The van der Waals surface area contributed by atoms with Gasteiger partial charge in [0.15, 0.2) is 0 Å². The lowest BCUT2D eigenvalue weighted by molar-refractivity contribution is -0.136. The Kier molecular flexibility index (Phi) is 5.72. The molecule has 0 heterocycles. The van der Waals surface area contributed by atoms with E-state index >= 15 is 0 Å². The molecular weight excluding hydrogens is 265 g/mol. The van der Waals surface area contributed by atoms with Crippen LogP contribution in [0, 0.1) is 17.1 Å². The summed E-state index contributed by atoms with van der Waals surface area (Å²) in [5.74, 6) is -2.09. The van der Waals surface area contributed by atoms with E-state index in [0.717, 1.165) is 6.20 Å². The normalized spacial score (nSPS) is 10.5. The predicted molar refractivity (Wildman–Crippen MR) is 69.0 cm³/mol. The number of aliphatic carboxylic acids is 1. The van der Waals surface area contributed by atoms with Gasteiger partial charge in [-0.15, -0.1) is 0 Å². The topological polar surface area (TPSA) is 102 Å². The van der Waals surface area contributed by atoms with Gasteiger partial charge in [-0.2, -0.15) is 5.26 Å². The minimum absolute atomic E-state index is 0.102. The molecule has 0 atom stereocenters. The fraction of sp³-hybridized carbons (Fsp3) is 0.154. The van der Waals surface area contributed by atoms with Crippen molar-refractivity contribution in [3.8, 4) is 6.07 Å². The molecule has 1 aromatic rings. The number of carboxylic acids is 1. The number of nitrogens with one attached hydrogen (secondary N) is 2. The Hall–Kier alpha value is -2.88. The van der Waals surface area contributed by atoms with Crippen molar-refractivity contribution in [3.63, 3.8) is 0 Å². The Bertz CT molecular complexity index is 561. The number of amides is 1. The number of halogens is 1. The summed E-state index contributed by atoms with van der Waals surface area (Å²) in [6.45, 7) is 0.102. The van der Waals surface area contributed by atoms with Gasteiger partial charge in [0.1, 0.15) is 17.5 Å². The largest absolute Gasteiger partial charge is 0.481 e. The van der Waals surface area contributed by atoms with Crippen LogP contribution in [-0.4, -0.2) is 23.5 Å². The first-order valence-corrected chi connectivity index (χ1v) is 5.65. The Balaban J connectivity index is 2.58. The van der Waals surface area contributed by atoms with E-state index in [9.17, 15) is 14.0 Å². The van der Waals surface area contributed by atoms with E-state index in [2.05, 4.69) is 10.6 Å². The zero-order valence-electron chi connectivity index (χ0n) is 10.4. The van der Waals surface area contributed by atoms with Crippen molar-refractivity contribution in [2.24, 2.45) is 0 Å². The number of hydrogen-bond acceptors (Lipinski definition) is 4. The average molecular weight is 277 g/mol. The van der Waals surface area contributed by atoms with Crippen LogP contribution in [0.3, 0.4) is 0 Å². The summed E-state index contributed by atoms with van der Waals surface area (Å²) < 4.78 is 12.7. The van der Waals surface area contributed by atoms with Gasteiger partial charge < -0.3 is 15.7 Å². The van der Waals surface area contributed by atoms with Crippen LogP contribution in [-0.2, 0) is 9.59 Å². The molecule has 7 heteroatoms. The number of benzene rings is 1. The van der Waals surface area contributed by atoms with Crippen LogP contribution in [0.4, 0.5) is 10.1 Å². The molecule has 1 rings (SSSR count). The van der Waals surface area contributed by atoms with E-state index in [1.54, 1.807) is 6.07 Å². The molecule has 1 aromatic carbocycles. The van der Waals surface area contributed by atoms with Crippen molar-refractivity contribution in [1.29, 1.82) is 5.26 Å². The van der Waals surface area contributed by atoms with Gasteiger partial charge in [-0.3, -0.25) is 9.59 Å². The first-order chi connectivity index (χ1) is 9.52. The molecule has 0 unspecified atom stereocenters. The zero-order valence-corrected chi connectivity index (χ0v) is 10.4. The number of carboxylic acid groups (broad SMARTS) is 1. The summed E-state index contributed by atoms with van der Waals surface area (Å²) in [6, 6.07) is 6.76. The van der Waals surface area contributed by atoms with Gasteiger partial charge in [0.25, 0.3) is 5.91 Å². The van der Waals surface area contributed by atoms with Crippen molar-refractivity contribution >= 4 is 17.6 Å². The lowest BCUT2D eigenvalue weighted by Gasteiger charge is -2.04. The minimum Gasteiger partial charge on any atom is -0.481 e. The standard InChI is InChI=1S/C13H12FN3O3/c14-10-1-3-11(4-2-10)17-13(20)9(7-15)8-16-6-5-12(18)19/h1-4,8,16H,5-6H2,(H,17,20)(H,18,19)/b9-8-. The van der Waals surface area contributed by atoms with E-state index in [1.807, 2.05) is 0 Å². The van der Waals surface area contributed by atoms with Crippen molar-refractivity contribution in [2.45, 2.75) is 6.42 Å². The number of anilines is 1. The summed E-state index contributed by atoms with van der Waals surface area (Å²) in [4.78, 5) is 22.0. The van der Waals surface area contributed by atoms with E-state index in [-0.39, 0.29) is 18.5 Å². The molecule has 0 fully saturated rings. The second-order valence-corrected chi connectivity index (χ2v) is 3.73. The lowest BCUT2D eigenvalue weighted by Crippen LogP contribution is -2.18. The molecule has 104 valence electrons. The van der Waals surface area contributed by atoms with Crippen LogP contribution < -0.4 is 10.6 Å². The quantitative estimate of drug-likeness (QED) is 0.412. The molecule has 1 amide bonds. The van der Waals surface area contributed by atoms with Crippen LogP contribution in [0.15, 0.2) is 36.0 Å². The Morgan fingerprint density at radius 2 is 2.00 bits per heavy atom. The summed E-state index contributed by atoms with van der Waals surface area (Å²) >= 11 is 0. The van der Waals surface area contributed by atoms with Crippen molar-refractivity contribution < 1.29 is 19.1 Å². The third kappa shape index (κ3) is 5.18. The van der Waals surface area contributed by atoms with Crippen LogP contribution in [0.5, 0.6) is 0 Å². The number of carbonyl (C=O) groups is 2. The third-order valence-corrected chi connectivity index (χ3v) is 2.20. The van der Waals surface area contributed by atoms with Gasteiger partial charge in [-0.05, 0) is 24.3 Å². The van der Waals surface area contributed by atoms with Crippen LogP contribution in [0.2, 0.25) is 0 Å². The molecule has 0 aromatic heterocycles. The van der Waals surface area contributed by atoms with Gasteiger partial charge in [-0.1, -0.05) is 0 Å². The van der Waals surface area contributed by atoms with Gasteiger partial charge in [-0.25, -0.2) is 4.39 Å². The Morgan fingerprint density at radius 3 is 2.55 bits per heavy atom. The number of hydrogen-bond donors (Lipinski definition) is 3. The fourth-order valence-electron chi connectivity index (χ4n) is 1.23. The van der Waals surface area contributed by atoms with Crippen LogP contribution in [0.25, 0.3) is 0 Å². The van der Waals surface area contributed by atoms with Crippen LogP contribution >= 0.6 is 0 Å². The van der Waals surface area contributed by atoms with Crippen molar-refractivity contribution in [1.82, 2.24) is 5.32 Å². The summed E-state index contributed by atoms with van der Waals surface area (Å²) in [6.07, 6.45) is 1.01. The lowest BCUT2D eigenvalue weighted by atomic mass is 10.2. The molecule has 0 saturated heterocycles. The van der Waals surface area contributed by atoms with Crippen molar-refractivity contribution in [3.05, 3.63) is 41.9 Å². The maximum Gasteiger partial charge on any atom is 0.305 e. The number of rotatable bonds is 6. The highest BCUT2D eigenvalue weighted by Gasteiger charge is 2.09. The van der Waals surface area contributed by atoms with Gasteiger partial charge in [0.2, 0.25) is 0 Å². The van der Waals surface area contributed by atoms with Crippen molar-refractivity contribution in [2.75, 3.05) is 11.9 Å². The second kappa shape index (κ2) is 7.53.